The van der Waals surface area contributed by atoms with Crippen LogP contribution >= 0.6 is 11.3 Å². The number of allylic oxidation sites excluding steroid dienone is 1. The lowest BCUT2D eigenvalue weighted by Crippen LogP contribution is -2.66. The number of ether oxygens (including phenoxy) is 2. The number of piperidine rings is 1. The van der Waals surface area contributed by atoms with Crippen LogP contribution in [0.4, 0.5) is 9.80 Å². The molecule has 192 valence electrons. The van der Waals surface area contributed by atoms with Gasteiger partial charge in [-0.15, -0.1) is 11.3 Å². The summed E-state index contributed by atoms with van der Waals surface area (Å²) in [5.74, 6) is 1.79. The van der Waals surface area contributed by atoms with E-state index in [9.17, 15) is 9.59 Å². The summed E-state index contributed by atoms with van der Waals surface area (Å²) in [6.07, 6.45) is 3.73. The molecule has 0 unspecified atom stereocenters. The normalized spacial score (nSPS) is 20.9. The summed E-state index contributed by atoms with van der Waals surface area (Å²) in [7, 11) is 3.35. The number of methoxy groups -OCH3 is 2. The van der Waals surface area contributed by atoms with E-state index < -0.39 is 5.54 Å². The summed E-state index contributed by atoms with van der Waals surface area (Å²) >= 11 is 1.51. The molecule has 2 aromatic rings. The van der Waals surface area contributed by atoms with E-state index in [2.05, 4.69) is 36.2 Å². The van der Waals surface area contributed by atoms with Gasteiger partial charge in [-0.05, 0) is 48.9 Å². The number of likely N-dealkylation sites (tertiary alicyclic amines) is 1. The largest absolute Gasteiger partial charge is 0.497 e. The molecular weight excluding hydrogens is 476 g/mol. The number of amides is 3. The summed E-state index contributed by atoms with van der Waals surface area (Å²) in [5.41, 5.74) is 3.01. The lowest BCUT2D eigenvalue weighted by molar-refractivity contribution is -0.144. The van der Waals surface area contributed by atoms with Gasteiger partial charge in [0, 0.05) is 49.4 Å². The molecule has 9 heteroatoms. The number of nitrogens with zero attached hydrogens (tertiary/aromatic N) is 3. The zero-order valence-corrected chi connectivity index (χ0v) is 22.2. The number of carbonyl (C=O) groups excluding carboxylic acids is 2. The van der Waals surface area contributed by atoms with Gasteiger partial charge in [-0.3, -0.25) is 10.1 Å². The third-order valence-corrected chi connectivity index (χ3v) is 8.57. The first-order chi connectivity index (χ1) is 17.4. The Morgan fingerprint density at radius 2 is 1.97 bits per heavy atom. The van der Waals surface area contributed by atoms with E-state index in [1.807, 2.05) is 33.4 Å². The SMILES string of the molecule is CCN1C(=O)CN2Cc3cc(OC)cc(OC)c3[C@@H](C)C=C2C12CCN(C(=O)Nc1cccs1)CC2. The number of urea groups is 1. The second-order valence-electron chi connectivity index (χ2n) is 9.66. The number of hydrogen-bond acceptors (Lipinski definition) is 6. The second-order valence-corrected chi connectivity index (χ2v) is 10.6. The van der Waals surface area contributed by atoms with Crippen molar-refractivity contribution in [3.8, 4) is 11.5 Å². The van der Waals surface area contributed by atoms with Crippen LogP contribution in [0.15, 0.2) is 41.4 Å². The molecule has 1 N–H and O–H groups in total. The first-order valence-corrected chi connectivity index (χ1v) is 13.4. The number of likely N-dealkylation sites (N-methyl/N-ethyl adjacent to an activating group) is 1. The lowest BCUT2D eigenvalue weighted by atomic mass is 9.78. The maximum Gasteiger partial charge on any atom is 0.322 e. The summed E-state index contributed by atoms with van der Waals surface area (Å²) in [6.45, 7) is 7.02. The average Bonchev–Trinajstić information content (AvgIpc) is 3.34. The first-order valence-electron chi connectivity index (χ1n) is 12.5. The van der Waals surface area contributed by atoms with Crippen LogP contribution in [0.5, 0.6) is 11.5 Å². The maximum absolute atomic E-state index is 13.4. The van der Waals surface area contributed by atoms with Gasteiger partial charge in [0.05, 0.1) is 31.3 Å². The van der Waals surface area contributed by atoms with Gasteiger partial charge >= 0.3 is 6.03 Å². The Labute approximate surface area is 216 Å². The molecule has 1 aromatic heterocycles. The molecule has 2 fully saturated rings. The van der Waals surface area contributed by atoms with Crippen molar-refractivity contribution in [1.29, 1.82) is 0 Å². The monoisotopic (exact) mass is 510 g/mol. The Bertz CT molecular complexity index is 1170. The van der Waals surface area contributed by atoms with E-state index in [0.717, 1.165) is 27.6 Å². The highest BCUT2D eigenvalue weighted by Gasteiger charge is 2.51. The van der Waals surface area contributed by atoms with Gasteiger partial charge < -0.3 is 24.2 Å². The van der Waals surface area contributed by atoms with Crippen LogP contribution in [-0.4, -0.2) is 72.6 Å². The highest BCUT2D eigenvalue weighted by Crippen LogP contribution is 2.46. The van der Waals surface area contributed by atoms with E-state index in [-0.39, 0.29) is 17.9 Å². The van der Waals surface area contributed by atoms with Crippen molar-refractivity contribution in [2.75, 3.05) is 45.7 Å². The number of piperazine rings is 1. The van der Waals surface area contributed by atoms with Gasteiger partial charge in [0.15, 0.2) is 0 Å². The topological polar surface area (TPSA) is 74.4 Å². The zero-order chi connectivity index (χ0) is 25.4. The van der Waals surface area contributed by atoms with E-state index in [1.54, 1.807) is 14.2 Å². The van der Waals surface area contributed by atoms with Crippen LogP contribution in [0.2, 0.25) is 0 Å². The Morgan fingerprint density at radius 3 is 2.61 bits per heavy atom. The molecule has 0 aliphatic carbocycles. The third kappa shape index (κ3) is 4.09. The molecule has 36 heavy (non-hydrogen) atoms. The molecule has 0 bridgehead atoms. The van der Waals surface area contributed by atoms with Gasteiger partial charge in [0.25, 0.3) is 0 Å². The van der Waals surface area contributed by atoms with Crippen molar-refractivity contribution in [3.63, 3.8) is 0 Å². The number of benzene rings is 1. The highest BCUT2D eigenvalue weighted by atomic mass is 32.1. The Kier molecular flexibility index (Phi) is 6.59. The molecule has 4 heterocycles. The Hall–Kier alpha value is -3.20. The highest BCUT2D eigenvalue weighted by molar-refractivity contribution is 7.14. The summed E-state index contributed by atoms with van der Waals surface area (Å²) in [4.78, 5) is 32.5. The minimum Gasteiger partial charge on any atom is -0.497 e. The quantitative estimate of drug-likeness (QED) is 0.656. The van der Waals surface area contributed by atoms with E-state index in [1.165, 1.54) is 17.0 Å². The van der Waals surface area contributed by atoms with Gasteiger partial charge in [0.1, 0.15) is 11.5 Å². The molecular formula is C27H34N4O4S. The van der Waals surface area contributed by atoms with E-state index in [4.69, 9.17) is 9.47 Å². The standard InChI is InChI=1S/C27H34N4O4S/c1-5-31-24(32)17-30-16-19-14-20(34-3)15-21(35-4)25(19)18(2)13-22(30)27(31)8-10-29(11-9-27)26(33)28-23-7-6-12-36-23/h6-7,12-15,18H,5,8-11,16-17H2,1-4H3,(H,28,33)/t18-/m0/s1. The van der Waals surface area contributed by atoms with Crippen LogP contribution in [-0.2, 0) is 11.3 Å². The lowest BCUT2D eigenvalue weighted by Gasteiger charge is -2.55. The molecule has 0 radical (unpaired) electrons. The molecule has 5 rings (SSSR count). The predicted octanol–water partition coefficient (Wildman–Crippen LogP) is 4.50. The van der Waals surface area contributed by atoms with Gasteiger partial charge in [-0.2, -0.15) is 0 Å². The van der Waals surface area contributed by atoms with Crippen molar-refractivity contribution in [3.05, 3.63) is 52.5 Å². The van der Waals surface area contributed by atoms with Gasteiger partial charge in [0.2, 0.25) is 5.91 Å². The molecule has 3 aliphatic heterocycles. The Morgan fingerprint density at radius 1 is 1.19 bits per heavy atom. The zero-order valence-electron chi connectivity index (χ0n) is 21.4. The Balaban J connectivity index is 1.47. The van der Waals surface area contributed by atoms with Crippen molar-refractivity contribution in [1.82, 2.24) is 14.7 Å². The van der Waals surface area contributed by atoms with Crippen molar-refractivity contribution >= 4 is 28.3 Å². The molecule has 1 spiro atoms. The molecule has 1 aromatic carbocycles. The van der Waals surface area contributed by atoms with Gasteiger partial charge in [-0.1, -0.05) is 13.0 Å². The number of carbonyl (C=O) groups is 2. The number of nitrogens with one attached hydrogen (secondary N) is 1. The average molecular weight is 511 g/mol. The molecule has 8 nitrogen and oxygen atoms in total. The molecule has 3 amide bonds. The second kappa shape index (κ2) is 9.69. The molecule has 3 aliphatic rings. The molecule has 2 saturated heterocycles. The summed E-state index contributed by atoms with van der Waals surface area (Å²) in [6, 6.07) is 7.74. The summed E-state index contributed by atoms with van der Waals surface area (Å²) < 4.78 is 11.3. The fourth-order valence-corrected chi connectivity index (χ4v) is 6.75. The van der Waals surface area contributed by atoms with Gasteiger partial charge in [-0.25, -0.2) is 4.79 Å². The number of thiophene rings is 1. The fraction of sp³-hybridized carbons (Fsp3) is 0.481. The summed E-state index contributed by atoms with van der Waals surface area (Å²) in [5, 5.41) is 5.79. The molecule has 0 saturated carbocycles. The van der Waals surface area contributed by atoms with E-state index in [0.29, 0.717) is 45.6 Å². The number of rotatable bonds is 4. The first kappa shape index (κ1) is 24.5. The fourth-order valence-electron chi connectivity index (χ4n) is 6.14. The van der Waals surface area contributed by atoms with Crippen LogP contribution in [0, 0.1) is 0 Å². The van der Waals surface area contributed by atoms with Crippen LogP contribution < -0.4 is 14.8 Å². The van der Waals surface area contributed by atoms with Crippen molar-refractivity contribution < 1.29 is 19.1 Å². The number of hydrogen-bond donors (Lipinski definition) is 1. The number of fused-ring (bicyclic) bond motifs is 3. The van der Waals surface area contributed by atoms with Crippen LogP contribution in [0.3, 0.4) is 0 Å². The molecule has 1 atom stereocenters. The van der Waals surface area contributed by atoms with Crippen molar-refractivity contribution in [2.45, 2.75) is 44.7 Å². The van der Waals surface area contributed by atoms with Crippen LogP contribution in [0.1, 0.15) is 43.7 Å². The predicted molar refractivity (Wildman–Crippen MR) is 141 cm³/mol. The third-order valence-electron chi connectivity index (χ3n) is 7.79. The van der Waals surface area contributed by atoms with Crippen molar-refractivity contribution in [2.24, 2.45) is 0 Å². The minimum atomic E-state index is -0.433. The maximum atomic E-state index is 13.4. The minimum absolute atomic E-state index is 0.0817. The van der Waals surface area contributed by atoms with E-state index >= 15 is 0 Å². The number of anilines is 1. The van der Waals surface area contributed by atoms with Crippen LogP contribution in [0.25, 0.3) is 0 Å². The smallest absolute Gasteiger partial charge is 0.322 e.